The van der Waals surface area contributed by atoms with Crippen molar-refractivity contribution in [1.82, 2.24) is 47.4 Å². The molecule has 8 rings (SSSR count). The number of Topliss-reactive ketones (excluding diaryl/α,β-unsaturated/α-hetero) is 1. The van der Waals surface area contributed by atoms with Crippen LogP contribution >= 0.6 is 11.8 Å². The van der Waals surface area contributed by atoms with E-state index < -0.39 is 258 Å². The first-order valence-corrected chi connectivity index (χ1v) is 43.0. The van der Waals surface area contributed by atoms with E-state index in [0.717, 1.165) is 19.9 Å². The van der Waals surface area contributed by atoms with Crippen LogP contribution in [0.1, 0.15) is 179 Å². The number of carbonyl (C=O) groups excluding carboxylic acids is 16. The van der Waals surface area contributed by atoms with Crippen molar-refractivity contribution in [3.63, 3.8) is 0 Å². The van der Waals surface area contributed by atoms with Crippen LogP contribution in [-0.2, 0) is 95.5 Å². The monoisotopic (exact) mass is 1770 g/mol. The van der Waals surface area contributed by atoms with Crippen LogP contribution in [0.5, 0.6) is 0 Å². The molecule has 0 spiro atoms. The second-order valence-electron chi connectivity index (χ2n) is 33.1. The Morgan fingerprint density at radius 3 is 1.79 bits per heavy atom. The molecule has 3 aliphatic carbocycles. The zero-order chi connectivity index (χ0) is 93.0. The summed E-state index contributed by atoms with van der Waals surface area (Å²) in [6, 6.07) is 13.0. The highest BCUT2D eigenvalue weighted by molar-refractivity contribution is 8.04. The Hall–Kier alpha value is -11.5. The van der Waals surface area contributed by atoms with Crippen LogP contribution < -0.4 is 65.5 Å². The number of fused-ring (bicyclic) bond motifs is 5. The van der Waals surface area contributed by atoms with Crippen molar-refractivity contribution in [2.24, 2.45) is 51.5 Å². The molecule has 4 unspecified atom stereocenters. The van der Waals surface area contributed by atoms with Gasteiger partial charge in [-0.25, -0.2) is 9.59 Å². The van der Waals surface area contributed by atoms with E-state index in [4.69, 9.17) is 56.8 Å². The first-order valence-electron chi connectivity index (χ1n) is 42.0. The largest absolute Gasteiger partial charge is 0.455 e. The van der Waals surface area contributed by atoms with E-state index >= 15 is 9.59 Å². The van der Waals surface area contributed by atoms with Crippen LogP contribution in [0.15, 0.2) is 113 Å². The number of thioether (sulfide) groups is 1. The van der Waals surface area contributed by atoms with Crippen molar-refractivity contribution in [2.75, 3.05) is 39.0 Å². The number of aliphatic hydroxyl groups is 2. The molecule has 2 saturated carbocycles. The molecule has 19 atom stereocenters. The molecule has 2 bridgehead atoms. The number of guanidine groups is 1. The Bertz CT molecular complexity index is 4620. The zero-order valence-electron chi connectivity index (χ0n) is 72.5. The van der Waals surface area contributed by atoms with Gasteiger partial charge in [-0.1, -0.05) is 121 Å². The van der Waals surface area contributed by atoms with Gasteiger partial charge in [0.1, 0.15) is 60.2 Å². The Balaban J connectivity index is 1.03. The Morgan fingerprint density at radius 1 is 0.690 bits per heavy atom. The van der Waals surface area contributed by atoms with E-state index in [2.05, 4.69) is 42.5 Å². The molecule has 0 radical (unpaired) electrons. The van der Waals surface area contributed by atoms with Gasteiger partial charge in [0.25, 0.3) is 17.7 Å². The average Bonchev–Trinajstić information content (AvgIpc) is 1.03. The van der Waals surface area contributed by atoms with Gasteiger partial charge in [0.05, 0.1) is 47.0 Å². The van der Waals surface area contributed by atoms with Crippen molar-refractivity contribution in [3.05, 3.63) is 130 Å². The van der Waals surface area contributed by atoms with Gasteiger partial charge in [0.15, 0.2) is 23.4 Å². The third-order valence-corrected chi connectivity index (χ3v) is 25.5. The minimum absolute atomic E-state index is 0.000151. The molecular formula is C87H118N14O24S. The summed E-state index contributed by atoms with van der Waals surface area (Å²) in [6.45, 7) is 13.9. The fourth-order valence-electron chi connectivity index (χ4n) is 16.7. The number of imide groups is 1. The average molecular weight is 1780 g/mol. The molecule has 0 aromatic heterocycles. The van der Waals surface area contributed by atoms with E-state index in [1.54, 1.807) is 63.2 Å². The number of benzene rings is 3. The van der Waals surface area contributed by atoms with Crippen LogP contribution in [0.3, 0.4) is 0 Å². The van der Waals surface area contributed by atoms with Gasteiger partial charge in [-0.3, -0.25) is 77.4 Å². The first kappa shape index (κ1) is 99.9. The van der Waals surface area contributed by atoms with Gasteiger partial charge in [0.2, 0.25) is 47.5 Å². The number of hydrogen-bond acceptors (Lipinski definition) is 28. The van der Waals surface area contributed by atoms with E-state index in [1.165, 1.54) is 83.3 Å². The summed E-state index contributed by atoms with van der Waals surface area (Å²) in [7, 11) is 1.42. The minimum Gasteiger partial charge on any atom is -0.455 e. The van der Waals surface area contributed by atoms with Gasteiger partial charge in [-0.05, 0) is 112 Å². The number of unbranched alkanes of at least 4 members (excludes halogenated alkanes) is 1. The molecule has 39 heteroatoms. The summed E-state index contributed by atoms with van der Waals surface area (Å²) < 4.78 is 37.2. The lowest BCUT2D eigenvalue weighted by Gasteiger charge is -2.67. The number of esters is 5. The maximum absolute atomic E-state index is 16.1. The van der Waals surface area contributed by atoms with Crippen molar-refractivity contribution >= 4 is 112 Å². The maximum atomic E-state index is 16.1. The van der Waals surface area contributed by atoms with Gasteiger partial charge < -0.3 is 104 Å². The van der Waals surface area contributed by atoms with Crippen molar-refractivity contribution in [3.8, 4) is 0 Å². The Labute approximate surface area is 733 Å². The molecule has 5 aliphatic rings. The summed E-state index contributed by atoms with van der Waals surface area (Å²) in [5, 5.41) is 55.5. The third-order valence-electron chi connectivity index (χ3n) is 24.3. The molecule has 126 heavy (non-hydrogen) atoms. The molecule has 686 valence electrons. The predicted molar refractivity (Wildman–Crippen MR) is 455 cm³/mol. The number of aliphatic hydroxyl groups excluding tert-OH is 1. The second-order valence-corrected chi connectivity index (χ2v) is 34.2. The van der Waals surface area contributed by atoms with Gasteiger partial charge in [0, 0.05) is 76.1 Å². The van der Waals surface area contributed by atoms with E-state index in [9.17, 15) is 77.3 Å². The first-order chi connectivity index (χ1) is 59.5. The number of ether oxygens (including phenoxy) is 6. The standard InChI is InChI=1S/C87H118N14O24S/c1-12-45(3)65(78(114)93-11)98-76(112)54(32-23-24-37-88)97-79(115)66(46(4)13-2)99-77(113)56(34-35-61(90)105)96-75(111)55(33-25-38-94-83(91)92)95-74(110)53(89)43-126-58-40-62(106)101(80(58)116)39-36-63(107)123-69(67(50-26-17-14-18-27-50)100-73(109)51-28-19-15-20-29-51)82(118)122-57-42-87(119)72(124-81(117)52-30-21-16-22-31-52)70-85(10,59(104)41-60-86(70,44-120-60)125-49(7)103)71(108)68(121-48(6)102)64(47(57)5)84(87,8)9/h14-22,26-31,40,45-46,53-57,59-60,65-70,72,104,119H,12-13,23-25,32-39,41-44,88-89H2,1-11H3,(H2,90,105)(H,93,114)(H,95,110)(H,96,111)(H,97,115)(H,98,112)(H,99,113)(H,100,109)(H4,91,92,94)/t45?,46?,53-,54-,55-,56-,57-,59-,60+,65?,66-,67-,68+,69+,70?,72-,85+,86-,87+/m0/s1. The highest BCUT2D eigenvalue weighted by Gasteiger charge is 2.78. The summed E-state index contributed by atoms with van der Waals surface area (Å²) in [6.07, 6.45) is -11.3. The summed E-state index contributed by atoms with van der Waals surface area (Å²) in [5.74, 6) is -18.7. The van der Waals surface area contributed by atoms with Gasteiger partial charge >= 0.3 is 29.8 Å². The lowest BCUT2D eigenvalue weighted by Crippen LogP contribution is -2.82. The zero-order valence-corrected chi connectivity index (χ0v) is 73.4. The fourth-order valence-corrected chi connectivity index (χ4v) is 17.7. The quantitative estimate of drug-likeness (QED) is 0.00712. The summed E-state index contributed by atoms with van der Waals surface area (Å²) in [5.41, 5.74) is 14.5. The lowest BCUT2D eigenvalue weighted by molar-refractivity contribution is -0.346. The van der Waals surface area contributed by atoms with Crippen LogP contribution in [-0.4, -0.2) is 239 Å². The van der Waals surface area contributed by atoms with E-state index in [0.29, 0.717) is 42.3 Å². The molecule has 1 saturated heterocycles. The van der Waals surface area contributed by atoms with Crippen LogP contribution in [0.4, 0.5) is 0 Å². The number of carbonyl (C=O) groups is 16. The lowest BCUT2D eigenvalue weighted by atomic mass is 9.44. The maximum Gasteiger partial charge on any atom is 0.350 e. The molecular weight excluding hydrogens is 1660 g/mol. The highest BCUT2D eigenvalue weighted by Crippen LogP contribution is 2.65. The summed E-state index contributed by atoms with van der Waals surface area (Å²) >= 11 is 0.641. The molecule has 3 aromatic carbocycles. The number of amides is 10. The number of ketones is 1. The molecule has 19 N–H and O–H groups in total. The number of nitrogens with two attached hydrogens (primary N) is 4. The van der Waals surface area contributed by atoms with E-state index in [1.807, 2.05) is 6.92 Å². The molecule has 10 amide bonds. The smallest absolute Gasteiger partial charge is 0.350 e. The predicted octanol–water partition coefficient (Wildman–Crippen LogP) is 0.910. The number of likely N-dealkylation sites (N-methyl/N-ethyl adjacent to an activating group) is 1. The number of nitrogens with zero attached hydrogens (tertiary/aromatic N) is 1. The number of hydrogen-bond donors (Lipinski definition) is 15. The third kappa shape index (κ3) is 23.4. The molecule has 38 nitrogen and oxygen atoms in total. The highest BCUT2D eigenvalue weighted by atomic mass is 32.2. The summed E-state index contributed by atoms with van der Waals surface area (Å²) in [4.78, 5) is 228. The number of nitrogens with one attached hydrogen (secondary N) is 9. The fraction of sp³-hybridized carbons (Fsp3) is 0.552. The SMILES string of the molecule is CCC(C)C(NC(=O)[C@H](CCCCN)NC(=O)[C@@H](NC(=O)[C@H](CCC(N)=O)NC(=O)[C@H](CCCNC(=N)N)NC(=O)[C@@H](N)CSC1=CC(=O)N(CCC(=O)O[C@@H](C(=O)O[C@H]2C[C@@]3(O)[C@@H](OC(=O)c4ccccc4)C4[C@](C)(C(=O)[C@H](OC(C)=O)C(=C2C)C3(C)C)[C@@H](O)C[C@H]2OC[C@@]42OC(C)=O)[C@@H](NC(=O)c2ccccc2)c2ccccc2)C1=O)C(C)CC)C(=O)NC. The van der Waals surface area contributed by atoms with Gasteiger partial charge in [-0.15, -0.1) is 11.8 Å². The van der Waals surface area contributed by atoms with Crippen LogP contribution in [0, 0.1) is 34.0 Å². The number of primary amides is 1. The molecule has 2 heterocycles. The van der Waals surface area contributed by atoms with Crippen molar-refractivity contribution < 1.29 is 115 Å². The Morgan fingerprint density at radius 2 is 1.25 bits per heavy atom. The van der Waals surface area contributed by atoms with Crippen molar-refractivity contribution in [1.29, 1.82) is 5.41 Å². The molecule has 3 aromatic rings. The van der Waals surface area contributed by atoms with Crippen LogP contribution in [0.2, 0.25) is 0 Å². The minimum atomic E-state index is -2.64. The topological polar surface area (TPSA) is 596 Å². The van der Waals surface area contributed by atoms with Crippen molar-refractivity contribution in [2.45, 2.75) is 236 Å². The van der Waals surface area contributed by atoms with E-state index in [-0.39, 0.29) is 77.4 Å². The van der Waals surface area contributed by atoms with Gasteiger partial charge in [-0.2, -0.15) is 0 Å². The molecule has 3 fully saturated rings. The molecule has 2 aliphatic heterocycles. The number of rotatable bonds is 43. The Kier molecular flexibility index (Phi) is 34.9. The normalized spacial score (nSPS) is 23.9. The second kappa shape index (κ2) is 44.1. The van der Waals surface area contributed by atoms with Crippen LogP contribution in [0.25, 0.3) is 0 Å².